The van der Waals surface area contributed by atoms with E-state index in [2.05, 4.69) is 59.4 Å². The maximum Gasteiger partial charge on any atom is 1.00 e. The van der Waals surface area contributed by atoms with Crippen LogP contribution in [-0.4, -0.2) is 77.6 Å². The number of amides is 1. The summed E-state index contributed by atoms with van der Waals surface area (Å²) in [4.78, 5) is 27.4. The third-order valence-corrected chi connectivity index (χ3v) is 7.29. The monoisotopic (exact) mass is 576 g/mol. The minimum Gasteiger partial charge on any atom is -0.462 e. The first kappa shape index (κ1) is 35.0. The summed E-state index contributed by atoms with van der Waals surface area (Å²) < 4.78 is 42.0. The number of aromatic nitrogens is 2. The van der Waals surface area contributed by atoms with E-state index in [9.17, 15) is 23.2 Å². The molecular weight excluding hydrogens is 540 g/mol. The minimum absolute atomic E-state index is 0. The summed E-state index contributed by atoms with van der Waals surface area (Å²) in [7, 11) is 2.10. The van der Waals surface area contributed by atoms with Gasteiger partial charge in [0.05, 0.1) is 24.3 Å². The Balaban J connectivity index is 0.000000433. The molecule has 0 radical (unpaired) electrons. The average molecular weight is 577 g/mol. The topological polar surface area (TPSA) is 85.6 Å². The van der Waals surface area contributed by atoms with Crippen LogP contribution < -0.4 is 28.5 Å². The molecular formula is C30H36F3LiN6O2-2. The average Bonchev–Trinajstić information content (AvgIpc) is 3.35. The number of benzene rings is 1. The van der Waals surface area contributed by atoms with E-state index in [1.54, 1.807) is 4.90 Å². The van der Waals surface area contributed by atoms with Crippen LogP contribution in [0.3, 0.4) is 0 Å². The fourth-order valence-electron chi connectivity index (χ4n) is 5.00. The Morgan fingerprint density at radius 3 is 2.60 bits per heavy atom. The van der Waals surface area contributed by atoms with Gasteiger partial charge in [-0.2, -0.15) is 53.2 Å². The SMILES string of the molecule is C=CC(=O)N1CCN(c2nc(OC[C@@H]3CCCN3C)nc([CH2-])c2C[CH2-])C[C@@H]1CC#N.Cc1ccc[c-]c1C(F)(F)F.[Li+]. The molecule has 12 heteroatoms. The van der Waals surface area contributed by atoms with E-state index in [1.165, 1.54) is 37.6 Å². The molecule has 4 rings (SSSR count). The van der Waals surface area contributed by atoms with Crippen molar-refractivity contribution in [1.82, 2.24) is 19.8 Å². The van der Waals surface area contributed by atoms with Crippen molar-refractivity contribution in [3.63, 3.8) is 0 Å². The summed E-state index contributed by atoms with van der Waals surface area (Å²) in [6.45, 7) is 16.3. The molecule has 0 bridgehead atoms. The predicted octanol–water partition coefficient (Wildman–Crippen LogP) is 1.44. The van der Waals surface area contributed by atoms with Gasteiger partial charge in [0.25, 0.3) is 0 Å². The number of anilines is 1. The van der Waals surface area contributed by atoms with Gasteiger partial charge in [0.2, 0.25) is 5.91 Å². The van der Waals surface area contributed by atoms with Crippen molar-refractivity contribution >= 4 is 11.7 Å². The summed E-state index contributed by atoms with van der Waals surface area (Å²) in [5.74, 6) is 0.575. The van der Waals surface area contributed by atoms with Gasteiger partial charge in [0.1, 0.15) is 6.61 Å². The van der Waals surface area contributed by atoms with Crippen molar-refractivity contribution in [2.75, 3.05) is 44.7 Å². The second-order valence-corrected chi connectivity index (χ2v) is 10.0. The number of alkyl halides is 3. The maximum atomic E-state index is 12.2. The van der Waals surface area contributed by atoms with Crippen molar-refractivity contribution < 1.29 is 41.6 Å². The van der Waals surface area contributed by atoms with Crippen LogP contribution in [0.5, 0.6) is 6.01 Å². The van der Waals surface area contributed by atoms with Gasteiger partial charge in [-0.05, 0) is 32.5 Å². The molecule has 0 spiro atoms. The quantitative estimate of drug-likeness (QED) is 0.280. The number of rotatable bonds is 7. The van der Waals surface area contributed by atoms with Gasteiger partial charge in [-0.1, -0.05) is 24.8 Å². The van der Waals surface area contributed by atoms with E-state index in [0.717, 1.165) is 24.3 Å². The first-order valence-electron chi connectivity index (χ1n) is 13.4. The second-order valence-electron chi connectivity index (χ2n) is 10.0. The normalized spacial score (nSPS) is 18.8. The molecule has 2 aliphatic heterocycles. The Kier molecular flexibility index (Phi) is 13.2. The molecule has 0 saturated carbocycles. The van der Waals surface area contributed by atoms with Gasteiger partial charge in [0, 0.05) is 25.7 Å². The van der Waals surface area contributed by atoms with Crippen LogP contribution in [0.25, 0.3) is 0 Å². The number of likely N-dealkylation sites (tertiary alicyclic amines) is 1. The molecule has 3 heterocycles. The molecule has 8 nitrogen and oxygen atoms in total. The third kappa shape index (κ3) is 8.91. The zero-order chi connectivity index (χ0) is 30.2. The fraction of sp³-hybridized carbons (Fsp3) is 0.467. The minimum atomic E-state index is -4.27. The third-order valence-electron chi connectivity index (χ3n) is 7.29. The number of likely N-dealkylation sites (N-methyl/N-ethyl adjacent to an activating group) is 1. The van der Waals surface area contributed by atoms with Crippen LogP contribution in [0.1, 0.15) is 41.6 Å². The van der Waals surface area contributed by atoms with Crippen molar-refractivity contribution in [2.45, 2.75) is 50.9 Å². The Morgan fingerprint density at radius 2 is 2.05 bits per heavy atom. The Morgan fingerprint density at radius 1 is 1.31 bits per heavy atom. The van der Waals surface area contributed by atoms with Crippen molar-refractivity contribution in [3.8, 4) is 12.1 Å². The summed E-state index contributed by atoms with van der Waals surface area (Å²) in [6, 6.07) is 8.99. The predicted molar refractivity (Wildman–Crippen MR) is 150 cm³/mol. The first-order chi connectivity index (χ1) is 19.5. The van der Waals surface area contributed by atoms with Crippen LogP contribution in [0.4, 0.5) is 19.0 Å². The number of aryl methyl sites for hydroxylation is 1. The summed E-state index contributed by atoms with van der Waals surface area (Å²) in [5.41, 5.74) is 0.991. The van der Waals surface area contributed by atoms with E-state index in [4.69, 9.17) is 4.74 Å². The Labute approximate surface area is 258 Å². The van der Waals surface area contributed by atoms with Crippen LogP contribution >= 0.6 is 0 Å². The van der Waals surface area contributed by atoms with Crippen LogP contribution in [-0.2, 0) is 17.4 Å². The molecule has 0 N–H and O–H groups in total. The van der Waals surface area contributed by atoms with Crippen molar-refractivity contribution in [2.24, 2.45) is 0 Å². The van der Waals surface area contributed by atoms with E-state index in [1.807, 2.05) is 0 Å². The van der Waals surface area contributed by atoms with E-state index in [-0.39, 0.29) is 42.8 Å². The number of hydrogen-bond acceptors (Lipinski definition) is 7. The summed E-state index contributed by atoms with van der Waals surface area (Å²) in [5, 5.41) is 9.23. The van der Waals surface area contributed by atoms with E-state index >= 15 is 0 Å². The van der Waals surface area contributed by atoms with Gasteiger partial charge in [-0.25, -0.2) is 18.3 Å². The largest absolute Gasteiger partial charge is 1.00 e. The zero-order valence-electron chi connectivity index (χ0n) is 24.6. The molecule has 1 amide bonds. The molecule has 2 atom stereocenters. The Bertz CT molecular complexity index is 1250. The van der Waals surface area contributed by atoms with Crippen LogP contribution in [0.2, 0.25) is 0 Å². The molecule has 42 heavy (non-hydrogen) atoms. The number of nitrogens with zero attached hydrogens (tertiary/aromatic N) is 6. The number of ether oxygens (including phenoxy) is 1. The number of halogens is 3. The second kappa shape index (κ2) is 15.9. The van der Waals surface area contributed by atoms with Gasteiger partial charge in [-0.3, -0.25) is 4.79 Å². The number of carbonyl (C=O) groups excluding carboxylic acids is 1. The molecule has 2 aliphatic rings. The molecule has 2 saturated heterocycles. The van der Waals surface area contributed by atoms with Gasteiger partial charge < -0.3 is 26.4 Å². The molecule has 1 aromatic heterocycles. The standard InChI is InChI=1S/C22H30N6O2.C8H6F3.Li/c1-5-19-16(3)24-22(30-15-18-8-7-11-26(18)4)25-21(19)27-12-13-28(20(29)6-2)17(14-27)9-10-23;1-6-4-2-3-5-7(6)8(9,10)11;/h6,17-18H,1-3,5,7-9,11-15H2,4H3;2-4H,1H3;/q-2;-1;+1/t17-,18-;;/m0../s1. The van der Waals surface area contributed by atoms with Crippen molar-refractivity contribution in [3.05, 3.63) is 73.2 Å². The van der Waals surface area contributed by atoms with Crippen molar-refractivity contribution in [1.29, 1.82) is 5.26 Å². The maximum absolute atomic E-state index is 12.2. The number of nitriles is 1. The van der Waals surface area contributed by atoms with Gasteiger partial charge >= 0.3 is 31.0 Å². The zero-order valence-corrected chi connectivity index (χ0v) is 24.6. The fourth-order valence-corrected chi connectivity index (χ4v) is 5.00. The first-order valence-corrected chi connectivity index (χ1v) is 13.4. The molecule has 2 fully saturated rings. The number of hydrogen-bond donors (Lipinski definition) is 0. The van der Waals surface area contributed by atoms with E-state index in [0.29, 0.717) is 50.4 Å². The molecule has 1 aromatic carbocycles. The van der Waals surface area contributed by atoms with Gasteiger partial charge in [0.15, 0.2) is 0 Å². The van der Waals surface area contributed by atoms with Crippen LogP contribution in [0, 0.1) is 38.2 Å². The smallest absolute Gasteiger partial charge is 0.462 e. The summed E-state index contributed by atoms with van der Waals surface area (Å²) in [6.07, 6.45) is 0.0415. The molecule has 0 unspecified atom stereocenters. The summed E-state index contributed by atoms with van der Waals surface area (Å²) >= 11 is 0. The van der Waals surface area contributed by atoms with Crippen LogP contribution in [0.15, 0.2) is 30.9 Å². The Hall–Kier alpha value is -3.18. The number of carbonyl (C=O) groups is 1. The molecule has 0 aliphatic carbocycles. The number of piperazine rings is 1. The molecule has 222 valence electrons. The van der Waals surface area contributed by atoms with Gasteiger partial charge in [-0.15, -0.1) is 5.56 Å². The van der Waals surface area contributed by atoms with E-state index < -0.39 is 11.7 Å². The molecule has 2 aromatic rings.